The second kappa shape index (κ2) is 6.39. The van der Waals surface area contributed by atoms with Gasteiger partial charge in [0.15, 0.2) is 5.60 Å². The molecule has 0 radical (unpaired) electrons. The minimum Gasteiger partial charge on any atom is -0.491 e. The summed E-state index contributed by atoms with van der Waals surface area (Å²) in [6, 6.07) is 5.52. The monoisotopic (exact) mass is 302 g/mol. The molecule has 0 aliphatic carbocycles. The maximum atomic E-state index is 14.0. The molecule has 0 amide bonds. The Bertz CT molecular complexity index is 481. The van der Waals surface area contributed by atoms with Crippen molar-refractivity contribution in [1.29, 1.82) is 0 Å². The van der Waals surface area contributed by atoms with Crippen LogP contribution in [0.1, 0.15) is 33.3 Å². The summed E-state index contributed by atoms with van der Waals surface area (Å²) in [5.74, 6) is -5.31. The summed E-state index contributed by atoms with van der Waals surface area (Å²) in [7, 11) is 0. The van der Waals surface area contributed by atoms with Gasteiger partial charge in [0, 0.05) is 0 Å². The average molecular weight is 302 g/mol. The third-order valence-electron chi connectivity index (χ3n) is 2.93. The predicted octanol–water partition coefficient (Wildman–Crippen LogP) is 2.88. The van der Waals surface area contributed by atoms with Crippen LogP contribution in [0.4, 0.5) is 8.78 Å². The highest BCUT2D eigenvalue weighted by atomic mass is 19.3. The fourth-order valence-electron chi connectivity index (χ4n) is 1.73. The number of benzene rings is 1. The molecular weight excluding hydrogens is 282 g/mol. The Kier molecular flexibility index (Phi) is 5.28. The highest BCUT2D eigenvalue weighted by Gasteiger charge is 2.57. The fourth-order valence-corrected chi connectivity index (χ4v) is 1.73. The van der Waals surface area contributed by atoms with Crippen molar-refractivity contribution in [1.82, 2.24) is 0 Å². The standard InChI is InChI=1S/C15H20F2O4/c1-5-20-13(18)15(16,17)14(4,19)11-6-8-12(9-7-11)21-10(2)3/h6-10,19H,5H2,1-4H3. The first-order valence-corrected chi connectivity index (χ1v) is 6.67. The SMILES string of the molecule is CCOC(=O)C(F)(F)C(C)(O)c1ccc(OC(C)C)cc1. The molecule has 0 saturated heterocycles. The van der Waals surface area contributed by atoms with Crippen LogP contribution in [0.25, 0.3) is 0 Å². The van der Waals surface area contributed by atoms with Gasteiger partial charge in [-0.1, -0.05) is 12.1 Å². The van der Waals surface area contributed by atoms with E-state index in [1.807, 2.05) is 13.8 Å². The lowest BCUT2D eigenvalue weighted by molar-refractivity contribution is -0.212. The Balaban J connectivity index is 3.03. The van der Waals surface area contributed by atoms with E-state index in [0.717, 1.165) is 6.92 Å². The van der Waals surface area contributed by atoms with Gasteiger partial charge in [-0.15, -0.1) is 0 Å². The van der Waals surface area contributed by atoms with Crippen molar-refractivity contribution in [2.24, 2.45) is 0 Å². The lowest BCUT2D eigenvalue weighted by Gasteiger charge is -2.31. The molecule has 1 rings (SSSR count). The fraction of sp³-hybridized carbons (Fsp3) is 0.533. The molecule has 0 heterocycles. The van der Waals surface area contributed by atoms with Gasteiger partial charge in [0.1, 0.15) is 5.75 Å². The molecule has 1 unspecified atom stereocenters. The van der Waals surface area contributed by atoms with Crippen LogP contribution in [0.15, 0.2) is 24.3 Å². The van der Waals surface area contributed by atoms with Gasteiger partial charge in [0.2, 0.25) is 0 Å². The van der Waals surface area contributed by atoms with E-state index in [2.05, 4.69) is 4.74 Å². The smallest absolute Gasteiger partial charge is 0.380 e. The Morgan fingerprint density at radius 3 is 2.24 bits per heavy atom. The van der Waals surface area contributed by atoms with Gasteiger partial charge < -0.3 is 14.6 Å². The number of halogens is 2. The molecule has 118 valence electrons. The van der Waals surface area contributed by atoms with Crippen molar-refractivity contribution in [3.05, 3.63) is 29.8 Å². The summed E-state index contributed by atoms with van der Waals surface area (Å²) in [5, 5.41) is 10.1. The third kappa shape index (κ3) is 3.69. The molecule has 21 heavy (non-hydrogen) atoms. The largest absolute Gasteiger partial charge is 0.491 e. The Hall–Kier alpha value is -1.69. The number of alkyl halides is 2. The Labute approximate surface area is 122 Å². The van der Waals surface area contributed by atoms with Gasteiger partial charge in [-0.3, -0.25) is 0 Å². The molecule has 1 atom stereocenters. The topological polar surface area (TPSA) is 55.8 Å². The molecule has 0 fully saturated rings. The van der Waals surface area contributed by atoms with Gasteiger partial charge in [-0.05, 0) is 45.4 Å². The van der Waals surface area contributed by atoms with E-state index in [1.54, 1.807) is 0 Å². The second-order valence-corrected chi connectivity index (χ2v) is 5.06. The summed E-state index contributed by atoms with van der Waals surface area (Å²) in [6.45, 7) is 5.77. The van der Waals surface area contributed by atoms with Crippen LogP contribution in [-0.2, 0) is 15.1 Å². The number of esters is 1. The lowest BCUT2D eigenvalue weighted by atomic mass is 9.89. The van der Waals surface area contributed by atoms with Crippen LogP contribution >= 0.6 is 0 Å². The molecule has 1 aromatic rings. The van der Waals surface area contributed by atoms with Crippen LogP contribution in [-0.4, -0.2) is 29.7 Å². The molecule has 0 saturated carbocycles. The molecule has 0 aliphatic rings. The normalized spacial score (nSPS) is 14.7. The minimum absolute atomic E-state index is 0.0580. The summed E-state index contributed by atoms with van der Waals surface area (Å²) in [4.78, 5) is 11.3. The first-order chi connectivity index (χ1) is 9.62. The van der Waals surface area contributed by atoms with E-state index in [9.17, 15) is 18.7 Å². The van der Waals surface area contributed by atoms with E-state index in [1.165, 1.54) is 31.2 Å². The lowest BCUT2D eigenvalue weighted by Crippen LogP contribution is -2.49. The van der Waals surface area contributed by atoms with E-state index in [4.69, 9.17) is 4.74 Å². The second-order valence-electron chi connectivity index (χ2n) is 5.06. The first kappa shape index (κ1) is 17.4. The van der Waals surface area contributed by atoms with Crippen molar-refractivity contribution < 1.29 is 28.2 Å². The number of hydrogen-bond acceptors (Lipinski definition) is 4. The molecule has 6 heteroatoms. The van der Waals surface area contributed by atoms with Crippen LogP contribution in [0.5, 0.6) is 5.75 Å². The first-order valence-electron chi connectivity index (χ1n) is 6.67. The summed E-state index contributed by atoms with van der Waals surface area (Å²) >= 11 is 0. The van der Waals surface area contributed by atoms with Gasteiger partial charge in [-0.2, -0.15) is 8.78 Å². The zero-order chi connectivity index (χ0) is 16.3. The quantitative estimate of drug-likeness (QED) is 0.821. The number of rotatable bonds is 6. The molecule has 0 aliphatic heterocycles. The number of hydrogen-bond donors (Lipinski definition) is 1. The number of aliphatic hydroxyl groups is 1. The van der Waals surface area contributed by atoms with E-state index in [-0.39, 0.29) is 18.3 Å². The zero-order valence-corrected chi connectivity index (χ0v) is 12.5. The van der Waals surface area contributed by atoms with Gasteiger partial charge in [0.05, 0.1) is 12.7 Å². The van der Waals surface area contributed by atoms with Crippen molar-refractivity contribution >= 4 is 5.97 Å². The van der Waals surface area contributed by atoms with Crippen molar-refractivity contribution in [3.8, 4) is 5.75 Å². The average Bonchev–Trinajstić information content (AvgIpc) is 2.38. The molecule has 0 spiro atoms. The highest BCUT2D eigenvalue weighted by molar-refractivity contribution is 5.79. The zero-order valence-electron chi connectivity index (χ0n) is 12.5. The van der Waals surface area contributed by atoms with Gasteiger partial charge >= 0.3 is 11.9 Å². The Morgan fingerprint density at radius 1 is 1.29 bits per heavy atom. The summed E-state index contributed by atoms with van der Waals surface area (Å²) in [6.07, 6.45) is -0.0580. The van der Waals surface area contributed by atoms with E-state index < -0.39 is 17.5 Å². The molecular formula is C15H20F2O4. The van der Waals surface area contributed by atoms with Gasteiger partial charge in [-0.25, -0.2) is 4.79 Å². The van der Waals surface area contributed by atoms with E-state index in [0.29, 0.717) is 5.75 Å². The highest BCUT2D eigenvalue weighted by Crippen LogP contribution is 2.38. The predicted molar refractivity (Wildman–Crippen MR) is 73.4 cm³/mol. The van der Waals surface area contributed by atoms with Crippen LogP contribution < -0.4 is 4.74 Å². The third-order valence-corrected chi connectivity index (χ3v) is 2.93. The minimum atomic E-state index is -4.05. The number of carbonyl (C=O) groups is 1. The van der Waals surface area contributed by atoms with Gasteiger partial charge in [0.25, 0.3) is 0 Å². The number of carbonyl (C=O) groups excluding carboxylic acids is 1. The van der Waals surface area contributed by atoms with Crippen LogP contribution in [0, 0.1) is 0 Å². The van der Waals surface area contributed by atoms with Crippen LogP contribution in [0.3, 0.4) is 0 Å². The van der Waals surface area contributed by atoms with Crippen molar-refractivity contribution in [2.75, 3.05) is 6.61 Å². The maximum Gasteiger partial charge on any atom is 0.380 e. The maximum absolute atomic E-state index is 14.0. The Morgan fingerprint density at radius 2 is 1.81 bits per heavy atom. The molecule has 0 aromatic heterocycles. The van der Waals surface area contributed by atoms with Crippen molar-refractivity contribution in [3.63, 3.8) is 0 Å². The van der Waals surface area contributed by atoms with E-state index >= 15 is 0 Å². The molecule has 4 nitrogen and oxygen atoms in total. The molecule has 1 aromatic carbocycles. The van der Waals surface area contributed by atoms with Crippen molar-refractivity contribution in [2.45, 2.75) is 45.3 Å². The molecule has 1 N–H and O–H groups in total. The summed E-state index contributed by atoms with van der Waals surface area (Å²) < 4.78 is 37.8. The number of ether oxygens (including phenoxy) is 2. The molecule has 0 bridgehead atoms. The van der Waals surface area contributed by atoms with Crippen LogP contribution in [0.2, 0.25) is 0 Å². The summed E-state index contributed by atoms with van der Waals surface area (Å²) in [5.41, 5.74) is -2.77.